The third-order valence-corrected chi connectivity index (χ3v) is 6.59. The zero-order valence-electron chi connectivity index (χ0n) is 19.1. The second kappa shape index (κ2) is 9.90. The Bertz CT molecular complexity index is 1510. The summed E-state index contributed by atoms with van der Waals surface area (Å²) in [5.41, 5.74) is 4.15. The first-order chi connectivity index (χ1) is 17.1. The van der Waals surface area contributed by atoms with Crippen LogP contribution in [0, 0.1) is 0 Å². The van der Waals surface area contributed by atoms with Gasteiger partial charge < -0.3 is 10.3 Å². The van der Waals surface area contributed by atoms with Crippen molar-refractivity contribution in [1.82, 2.24) is 25.1 Å². The molecule has 0 spiro atoms. The topological polar surface area (TPSA) is 92.7 Å². The van der Waals surface area contributed by atoms with Crippen molar-refractivity contribution < 1.29 is 4.79 Å². The molecule has 0 radical (unpaired) electrons. The van der Waals surface area contributed by atoms with Crippen molar-refractivity contribution in [2.75, 3.05) is 6.54 Å². The molecule has 35 heavy (non-hydrogen) atoms. The molecule has 0 fully saturated rings. The Morgan fingerprint density at radius 1 is 0.971 bits per heavy atom. The van der Waals surface area contributed by atoms with Gasteiger partial charge in [0.1, 0.15) is 11.3 Å². The van der Waals surface area contributed by atoms with Crippen LogP contribution in [0.2, 0.25) is 0 Å². The van der Waals surface area contributed by atoms with E-state index in [4.69, 9.17) is 0 Å². The lowest BCUT2D eigenvalue weighted by Crippen LogP contribution is -2.35. The van der Waals surface area contributed by atoms with Gasteiger partial charge in [0.15, 0.2) is 0 Å². The molecule has 0 saturated heterocycles. The zero-order chi connectivity index (χ0) is 24.2. The SMILES string of the molecule is Cn1nc(-c2ccccc2)c(-c2ccccc2)c(C(=O)NCCc2[nH]cnc2-c2cccs2)c1=O. The first-order valence-corrected chi connectivity index (χ1v) is 12.1. The number of hydrogen-bond donors (Lipinski definition) is 2. The Morgan fingerprint density at radius 3 is 2.37 bits per heavy atom. The minimum Gasteiger partial charge on any atom is -0.351 e. The fourth-order valence-electron chi connectivity index (χ4n) is 4.05. The minimum atomic E-state index is -0.443. The highest BCUT2D eigenvalue weighted by molar-refractivity contribution is 7.13. The largest absolute Gasteiger partial charge is 0.351 e. The molecule has 3 heterocycles. The maximum absolute atomic E-state index is 13.5. The Kier molecular flexibility index (Phi) is 6.36. The van der Waals surface area contributed by atoms with Crippen molar-refractivity contribution in [3.63, 3.8) is 0 Å². The molecule has 0 aliphatic carbocycles. The van der Waals surface area contributed by atoms with E-state index in [0.717, 1.165) is 27.4 Å². The standard InChI is InChI=1S/C27H23N5O2S/c1-32-27(34)23(26(33)28-15-14-20-25(30-17-29-20)21-13-8-16-35-21)22(18-9-4-2-5-10-18)24(31-32)19-11-6-3-7-12-19/h2-13,16-17H,14-15H2,1H3,(H,28,33)(H,29,30). The molecule has 2 N–H and O–H groups in total. The summed E-state index contributed by atoms with van der Waals surface area (Å²) in [6, 6.07) is 23.0. The van der Waals surface area contributed by atoms with Gasteiger partial charge in [-0.1, -0.05) is 66.7 Å². The number of rotatable bonds is 7. The predicted octanol–water partition coefficient (Wildman–Crippen LogP) is 4.54. The van der Waals surface area contributed by atoms with Crippen molar-refractivity contribution in [2.24, 2.45) is 7.05 Å². The number of aryl methyl sites for hydroxylation is 1. The van der Waals surface area contributed by atoms with Crippen molar-refractivity contribution in [2.45, 2.75) is 6.42 Å². The van der Waals surface area contributed by atoms with Crippen LogP contribution in [0.25, 0.3) is 33.0 Å². The summed E-state index contributed by atoms with van der Waals surface area (Å²) < 4.78 is 1.23. The van der Waals surface area contributed by atoms with Crippen molar-refractivity contribution >= 4 is 17.2 Å². The minimum absolute atomic E-state index is 0.0793. The molecule has 0 unspecified atom stereocenters. The Morgan fingerprint density at radius 2 is 1.69 bits per heavy atom. The zero-order valence-corrected chi connectivity index (χ0v) is 19.9. The number of imidazole rings is 1. The van der Waals surface area contributed by atoms with E-state index in [2.05, 4.69) is 20.4 Å². The van der Waals surface area contributed by atoms with Crippen LogP contribution in [0.15, 0.2) is 89.3 Å². The Labute approximate surface area is 206 Å². The molecule has 5 aromatic rings. The van der Waals surface area contributed by atoms with Crippen LogP contribution >= 0.6 is 11.3 Å². The van der Waals surface area contributed by atoms with E-state index in [9.17, 15) is 9.59 Å². The second-order valence-electron chi connectivity index (χ2n) is 7.97. The lowest BCUT2D eigenvalue weighted by molar-refractivity contribution is 0.0952. The molecule has 174 valence electrons. The van der Waals surface area contributed by atoms with Crippen LogP contribution in [-0.2, 0) is 13.5 Å². The number of hydrogen-bond acceptors (Lipinski definition) is 5. The smallest absolute Gasteiger partial charge is 0.280 e. The molecule has 0 aliphatic rings. The second-order valence-corrected chi connectivity index (χ2v) is 8.92. The number of benzene rings is 2. The van der Waals surface area contributed by atoms with Gasteiger partial charge in [-0.15, -0.1) is 11.3 Å². The van der Waals surface area contributed by atoms with E-state index < -0.39 is 11.5 Å². The third-order valence-electron chi connectivity index (χ3n) is 5.71. The molecule has 0 bridgehead atoms. The van der Waals surface area contributed by atoms with Crippen molar-refractivity contribution in [1.29, 1.82) is 0 Å². The molecule has 5 rings (SSSR count). The summed E-state index contributed by atoms with van der Waals surface area (Å²) in [7, 11) is 1.57. The van der Waals surface area contributed by atoms with E-state index in [1.54, 1.807) is 24.7 Å². The summed E-state index contributed by atoms with van der Waals surface area (Å²) in [6.45, 7) is 0.347. The number of amides is 1. The van der Waals surface area contributed by atoms with Crippen LogP contribution in [0.3, 0.4) is 0 Å². The number of nitrogens with zero attached hydrogens (tertiary/aromatic N) is 3. The van der Waals surface area contributed by atoms with E-state index >= 15 is 0 Å². The maximum Gasteiger partial charge on any atom is 0.280 e. The highest BCUT2D eigenvalue weighted by atomic mass is 32.1. The quantitative estimate of drug-likeness (QED) is 0.357. The van der Waals surface area contributed by atoms with E-state index in [1.165, 1.54) is 4.68 Å². The third kappa shape index (κ3) is 4.56. The lowest BCUT2D eigenvalue weighted by atomic mass is 9.95. The van der Waals surface area contributed by atoms with Crippen LogP contribution in [-0.4, -0.2) is 32.2 Å². The van der Waals surface area contributed by atoms with E-state index in [1.807, 2.05) is 78.2 Å². The van der Waals surface area contributed by atoms with Gasteiger partial charge in [-0.2, -0.15) is 5.10 Å². The van der Waals surface area contributed by atoms with Gasteiger partial charge in [-0.25, -0.2) is 9.67 Å². The number of aromatic amines is 1. The number of aromatic nitrogens is 4. The molecule has 2 aromatic carbocycles. The van der Waals surface area contributed by atoms with Gasteiger partial charge in [0.2, 0.25) is 0 Å². The number of nitrogens with one attached hydrogen (secondary N) is 2. The normalized spacial score (nSPS) is 10.9. The highest BCUT2D eigenvalue weighted by Crippen LogP contribution is 2.32. The summed E-state index contributed by atoms with van der Waals surface area (Å²) in [5, 5.41) is 9.48. The fraction of sp³-hybridized carbons (Fsp3) is 0.111. The molecule has 7 nitrogen and oxygen atoms in total. The number of carbonyl (C=O) groups excluding carboxylic acids is 1. The van der Waals surface area contributed by atoms with Gasteiger partial charge >= 0.3 is 0 Å². The molecule has 0 atom stereocenters. The molecule has 3 aromatic heterocycles. The molecular formula is C27H23N5O2S. The highest BCUT2D eigenvalue weighted by Gasteiger charge is 2.24. The first-order valence-electron chi connectivity index (χ1n) is 11.2. The van der Waals surface area contributed by atoms with Gasteiger partial charge in [-0.05, 0) is 17.0 Å². The number of H-pyrrole nitrogens is 1. The predicted molar refractivity (Wildman–Crippen MR) is 138 cm³/mol. The summed E-state index contributed by atoms with van der Waals surface area (Å²) in [6.07, 6.45) is 2.21. The van der Waals surface area contributed by atoms with Crippen LogP contribution in [0.1, 0.15) is 16.1 Å². The Hall–Kier alpha value is -4.30. The van der Waals surface area contributed by atoms with Gasteiger partial charge in [0, 0.05) is 36.8 Å². The molecule has 8 heteroatoms. The van der Waals surface area contributed by atoms with Crippen LogP contribution in [0.5, 0.6) is 0 Å². The van der Waals surface area contributed by atoms with Gasteiger partial charge in [-0.3, -0.25) is 9.59 Å². The van der Waals surface area contributed by atoms with Crippen LogP contribution in [0.4, 0.5) is 0 Å². The first kappa shape index (κ1) is 22.5. The average Bonchev–Trinajstić information content (AvgIpc) is 3.58. The summed E-state index contributed by atoms with van der Waals surface area (Å²) >= 11 is 1.61. The van der Waals surface area contributed by atoms with E-state index in [-0.39, 0.29) is 5.56 Å². The van der Waals surface area contributed by atoms with Crippen LogP contribution < -0.4 is 10.9 Å². The summed E-state index contributed by atoms with van der Waals surface area (Å²) in [4.78, 5) is 35.3. The fourth-order valence-corrected chi connectivity index (χ4v) is 4.80. The maximum atomic E-state index is 13.5. The summed E-state index contributed by atoms with van der Waals surface area (Å²) in [5.74, 6) is -0.429. The molecule has 1 amide bonds. The van der Waals surface area contributed by atoms with Crippen molar-refractivity contribution in [3.8, 4) is 33.0 Å². The van der Waals surface area contributed by atoms with Gasteiger partial charge in [0.25, 0.3) is 11.5 Å². The molecular weight excluding hydrogens is 458 g/mol. The van der Waals surface area contributed by atoms with E-state index in [0.29, 0.717) is 24.2 Å². The van der Waals surface area contributed by atoms with Gasteiger partial charge in [0.05, 0.1) is 16.9 Å². The van der Waals surface area contributed by atoms with Crippen molar-refractivity contribution in [3.05, 3.63) is 106 Å². The molecule has 0 saturated carbocycles. The Balaban J connectivity index is 1.50. The number of thiophene rings is 1. The number of carbonyl (C=O) groups is 1. The average molecular weight is 482 g/mol. The molecule has 0 aliphatic heterocycles. The lowest BCUT2D eigenvalue weighted by Gasteiger charge is -2.16. The monoisotopic (exact) mass is 481 g/mol.